The molecule has 0 bridgehead atoms. The monoisotopic (exact) mass is 358 g/mol. The number of ether oxygens (including phenoxy) is 1. The van der Waals surface area contributed by atoms with E-state index in [1.54, 1.807) is 0 Å². The lowest BCUT2D eigenvalue weighted by molar-refractivity contribution is 0.413. The fourth-order valence-electron chi connectivity index (χ4n) is 3.09. The Bertz CT molecular complexity index is 1020. The molecule has 4 aromatic rings. The van der Waals surface area contributed by atoms with Crippen LogP contribution in [0.2, 0.25) is 0 Å². The highest BCUT2D eigenvalue weighted by atomic mass is 16.5. The molecule has 0 N–H and O–H groups in total. The van der Waals surface area contributed by atoms with Crippen LogP contribution in [0.25, 0.3) is 11.4 Å². The highest BCUT2D eigenvalue weighted by Gasteiger charge is 2.15. The van der Waals surface area contributed by atoms with Gasteiger partial charge in [-0.15, -0.1) is 0 Å². The van der Waals surface area contributed by atoms with Crippen molar-refractivity contribution in [3.05, 3.63) is 83.2 Å². The second-order valence-corrected chi connectivity index (χ2v) is 6.85. The Kier molecular flexibility index (Phi) is 4.28. The summed E-state index contributed by atoms with van der Waals surface area (Å²) in [5.74, 6) is 1.32. The van der Waals surface area contributed by atoms with Crippen LogP contribution in [0, 0.1) is 27.7 Å². The Morgan fingerprint density at radius 3 is 1.48 bits per heavy atom. The van der Waals surface area contributed by atoms with E-state index < -0.39 is 0 Å². The first-order chi connectivity index (χ1) is 13.0. The van der Waals surface area contributed by atoms with Crippen molar-refractivity contribution >= 4 is 0 Å². The second kappa shape index (κ2) is 6.76. The van der Waals surface area contributed by atoms with Crippen molar-refractivity contribution in [3.8, 4) is 23.1 Å². The summed E-state index contributed by atoms with van der Waals surface area (Å²) in [5, 5.41) is 9.21. The summed E-state index contributed by atoms with van der Waals surface area (Å²) < 4.78 is 9.92. The molecule has 0 aliphatic rings. The van der Waals surface area contributed by atoms with Gasteiger partial charge in [-0.1, -0.05) is 24.3 Å². The van der Waals surface area contributed by atoms with Gasteiger partial charge in [0.25, 0.3) is 0 Å². The first kappa shape index (κ1) is 17.1. The van der Waals surface area contributed by atoms with E-state index in [2.05, 4.69) is 48.3 Å². The third-order valence-corrected chi connectivity index (χ3v) is 4.30. The fraction of sp³-hybridized carbons (Fsp3) is 0.182. The molecule has 4 rings (SSSR count). The maximum Gasteiger partial charge on any atom is 0.224 e. The molecule has 5 heteroatoms. The van der Waals surface area contributed by atoms with Crippen LogP contribution >= 0.6 is 0 Å². The molecular formula is C22H22N4O. The van der Waals surface area contributed by atoms with E-state index in [0.29, 0.717) is 11.8 Å². The maximum absolute atomic E-state index is 6.27. The van der Waals surface area contributed by atoms with Crippen molar-refractivity contribution in [2.75, 3.05) is 0 Å². The van der Waals surface area contributed by atoms with Gasteiger partial charge in [0.2, 0.25) is 11.8 Å². The highest BCUT2D eigenvalue weighted by Crippen LogP contribution is 2.28. The van der Waals surface area contributed by atoms with Crippen molar-refractivity contribution in [1.29, 1.82) is 0 Å². The molecule has 0 saturated carbocycles. The summed E-state index contributed by atoms with van der Waals surface area (Å²) in [6.07, 6.45) is 0. The summed E-state index contributed by atoms with van der Waals surface area (Å²) in [7, 11) is 0. The average Bonchev–Trinajstić information content (AvgIpc) is 3.17. The molecule has 0 aliphatic carbocycles. The summed E-state index contributed by atoms with van der Waals surface area (Å²) in [6, 6.07) is 20.3. The molecule has 0 saturated heterocycles. The first-order valence-corrected chi connectivity index (χ1v) is 8.95. The number of hydrogen-bond donors (Lipinski definition) is 0. The maximum atomic E-state index is 6.27. The van der Waals surface area contributed by atoms with Gasteiger partial charge >= 0.3 is 0 Å². The number of hydrogen-bond acceptors (Lipinski definition) is 3. The van der Waals surface area contributed by atoms with Gasteiger partial charge in [0, 0.05) is 12.1 Å². The van der Waals surface area contributed by atoms with E-state index in [4.69, 9.17) is 4.74 Å². The number of nitrogens with zero attached hydrogens (tertiary/aromatic N) is 4. The van der Waals surface area contributed by atoms with Crippen LogP contribution in [-0.2, 0) is 0 Å². The van der Waals surface area contributed by atoms with Crippen molar-refractivity contribution in [3.63, 3.8) is 0 Å². The Hall–Kier alpha value is -3.34. The average molecular weight is 358 g/mol. The topological polar surface area (TPSA) is 44.9 Å². The van der Waals surface area contributed by atoms with E-state index in [-0.39, 0.29) is 0 Å². The Morgan fingerprint density at radius 2 is 1.07 bits per heavy atom. The molecule has 2 heterocycles. The van der Waals surface area contributed by atoms with Gasteiger partial charge in [-0.2, -0.15) is 10.2 Å². The minimum atomic E-state index is 0.659. The molecule has 5 nitrogen and oxygen atoms in total. The van der Waals surface area contributed by atoms with Gasteiger partial charge in [-0.05, 0) is 63.1 Å². The molecule has 0 unspecified atom stereocenters. The Labute approximate surface area is 158 Å². The molecule has 2 aromatic heterocycles. The van der Waals surface area contributed by atoms with Gasteiger partial charge in [0.1, 0.15) is 0 Å². The van der Waals surface area contributed by atoms with Crippen LogP contribution in [0.1, 0.15) is 22.5 Å². The first-order valence-electron chi connectivity index (χ1n) is 8.95. The van der Waals surface area contributed by atoms with E-state index >= 15 is 0 Å². The van der Waals surface area contributed by atoms with Crippen LogP contribution in [0.4, 0.5) is 0 Å². The lowest BCUT2D eigenvalue weighted by Gasteiger charge is -2.11. The normalized spacial score (nSPS) is 11.0. The van der Waals surface area contributed by atoms with E-state index in [1.807, 2.05) is 59.6 Å². The van der Waals surface area contributed by atoms with Crippen LogP contribution in [0.15, 0.2) is 60.7 Å². The second-order valence-electron chi connectivity index (χ2n) is 6.85. The minimum Gasteiger partial charge on any atom is -0.420 e. The standard InChI is InChI=1S/C22H22N4O/c1-15-7-5-9-19(11-15)25-21(13-17(3)23-25)27-22-14-18(4)24-26(22)20-10-6-8-16(2)12-20/h5-14H,1-4H3. The van der Waals surface area contributed by atoms with Gasteiger partial charge in [0.15, 0.2) is 0 Å². The summed E-state index contributed by atoms with van der Waals surface area (Å²) >= 11 is 0. The largest absolute Gasteiger partial charge is 0.420 e. The lowest BCUT2D eigenvalue weighted by Crippen LogP contribution is -2.04. The van der Waals surface area contributed by atoms with Crippen molar-refractivity contribution in [1.82, 2.24) is 19.6 Å². The van der Waals surface area contributed by atoms with Gasteiger partial charge in [0.05, 0.1) is 22.8 Å². The molecule has 0 amide bonds. The predicted octanol–water partition coefficient (Wildman–Crippen LogP) is 5.08. The van der Waals surface area contributed by atoms with Gasteiger partial charge in [-0.3, -0.25) is 0 Å². The molecule has 0 radical (unpaired) electrons. The predicted molar refractivity (Wildman–Crippen MR) is 106 cm³/mol. The Balaban J connectivity index is 1.76. The summed E-state index contributed by atoms with van der Waals surface area (Å²) in [5.41, 5.74) is 6.07. The number of benzene rings is 2. The number of aromatic nitrogens is 4. The van der Waals surface area contributed by atoms with E-state index in [9.17, 15) is 0 Å². The smallest absolute Gasteiger partial charge is 0.224 e. The molecule has 0 aliphatic heterocycles. The molecule has 136 valence electrons. The molecule has 0 fully saturated rings. The quantitative estimate of drug-likeness (QED) is 0.511. The highest BCUT2D eigenvalue weighted by molar-refractivity contribution is 5.42. The van der Waals surface area contributed by atoms with Gasteiger partial charge < -0.3 is 4.74 Å². The van der Waals surface area contributed by atoms with Gasteiger partial charge in [-0.25, -0.2) is 9.36 Å². The van der Waals surface area contributed by atoms with Crippen LogP contribution < -0.4 is 4.74 Å². The third kappa shape index (κ3) is 3.49. The zero-order valence-electron chi connectivity index (χ0n) is 16.0. The third-order valence-electron chi connectivity index (χ3n) is 4.30. The number of rotatable bonds is 4. The zero-order valence-corrected chi connectivity index (χ0v) is 16.0. The summed E-state index contributed by atoms with van der Waals surface area (Å²) in [6.45, 7) is 8.05. The zero-order chi connectivity index (χ0) is 19.0. The summed E-state index contributed by atoms with van der Waals surface area (Å²) in [4.78, 5) is 0. The van der Waals surface area contributed by atoms with Crippen LogP contribution in [-0.4, -0.2) is 19.6 Å². The van der Waals surface area contributed by atoms with E-state index in [0.717, 1.165) is 22.8 Å². The molecule has 2 aromatic carbocycles. The lowest BCUT2D eigenvalue weighted by atomic mass is 10.2. The molecule has 0 spiro atoms. The van der Waals surface area contributed by atoms with Crippen LogP contribution in [0.5, 0.6) is 11.8 Å². The SMILES string of the molecule is Cc1cccc(-n2nc(C)cc2Oc2cc(C)nn2-c2cccc(C)c2)c1. The minimum absolute atomic E-state index is 0.659. The van der Waals surface area contributed by atoms with Crippen molar-refractivity contribution in [2.45, 2.75) is 27.7 Å². The fourth-order valence-corrected chi connectivity index (χ4v) is 3.09. The van der Waals surface area contributed by atoms with Crippen molar-refractivity contribution in [2.24, 2.45) is 0 Å². The van der Waals surface area contributed by atoms with E-state index in [1.165, 1.54) is 11.1 Å². The van der Waals surface area contributed by atoms with Crippen molar-refractivity contribution < 1.29 is 4.74 Å². The number of aryl methyl sites for hydroxylation is 4. The molecule has 0 atom stereocenters. The molecule has 27 heavy (non-hydrogen) atoms. The van der Waals surface area contributed by atoms with Crippen LogP contribution in [0.3, 0.4) is 0 Å². The molecular weight excluding hydrogens is 336 g/mol. The Morgan fingerprint density at radius 1 is 0.630 bits per heavy atom.